The second-order valence-electron chi connectivity index (χ2n) is 5.23. The Morgan fingerprint density at radius 2 is 2.00 bits per heavy atom. The van der Waals surface area contributed by atoms with E-state index in [1.165, 1.54) is 37.9 Å². The largest absolute Gasteiger partial charge is 0.387 e. The Labute approximate surface area is 106 Å². The molecule has 0 aromatic carbocycles. The van der Waals surface area contributed by atoms with Crippen LogP contribution < -0.4 is 5.73 Å². The van der Waals surface area contributed by atoms with E-state index in [9.17, 15) is 0 Å². The molecule has 3 heteroatoms. The lowest BCUT2D eigenvalue weighted by Gasteiger charge is -2.16. The minimum Gasteiger partial charge on any atom is -0.387 e. The van der Waals surface area contributed by atoms with Crippen molar-refractivity contribution in [3.05, 3.63) is 11.8 Å². The Balaban J connectivity index is 2.57. The molecule has 0 bridgehead atoms. The van der Waals surface area contributed by atoms with Crippen molar-refractivity contribution in [3.63, 3.8) is 0 Å². The van der Waals surface area contributed by atoms with E-state index in [0.29, 0.717) is 5.92 Å². The smallest absolute Gasteiger partial charge is 0.101 e. The van der Waals surface area contributed by atoms with Crippen LogP contribution >= 0.6 is 0 Å². The Kier molecular flexibility index (Phi) is 6.27. The van der Waals surface area contributed by atoms with Crippen LogP contribution in [0.4, 0.5) is 0 Å². The fourth-order valence-corrected chi connectivity index (χ4v) is 2.05. The molecule has 1 saturated heterocycles. The molecule has 2 N–H and O–H groups in total. The lowest BCUT2D eigenvalue weighted by atomic mass is 10.1. The summed E-state index contributed by atoms with van der Waals surface area (Å²) < 4.78 is 0. The van der Waals surface area contributed by atoms with E-state index in [2.05, 4.69) is 30.7 Å². The summed E-state index contributed by atoms with van der Waals surface area (Å²) in [6, 6.07) is 0. The molecule has 0 saturated carbocycles. The van der Waals surface area contributed by atoms with Gasteiger partial charge in [-0.15, -0.1) is 0 Å². The molecule has 3 nitrogen and oxygen atoms in total. The Bertz CT molecular complexity index is 273. The maximum atomic E-state index is 5.86. The molecule has 0 unspecified atom stereocenters. The average Bonchev–Trinajstić information content (AvgIpc) is 2.78. The van der Waals surface area contributed by atoms with Crippen molar-refractivity contribution in [2.75, 3.05) is 19.6 Å². The van der Waals surface area contributed by atoms with Gasteiger partial charge in [0.15, 0.2) is 0 Å². The van der Waals surface area contributed by atoms with Gasteiger partial charge in [0.05, 0.1) is 0 Å². The van der Waals surface area contributed by atoms with E-state index < -0.39 is 0 Å². The van der Waals surface area contributed by atoms with E-state index in [0.717, 1.165) is 18.8 Å². The zero-order chi connectivity index (χ0) is 12.7. The quantitative estimate of drug-likeness (QED) is 0.570. The molecule has 17 heavy (non-hydrogen) atoms. The molecule has 1 fully saturated rings. The Morgan fingerprint density at radius 3 is 2.53 bits per heavy atom. The van der Waals surface area contributed by atoms with Gasteiger partial charge in [-0.2, -0.15) is 0 Å². The summed E-state index contributed by atoms with van der Waals surface area (Å²) in [6.45, 7) is 9.92. The van der Waals surface area contributed by atoms with E-state index in [4.69, 9.17) is 5.73 Å². The first-order valence-electron chi connectivity index (χ1n) is 6.87. The number of amidine groups is 1. The lowest BCUT2D eigenvalue weighted by Crippen LogP contribution is -2.22. The van der Waals surface area contributed by atoms with Crippen molar-refractivity contribution >= 4 is 5.84 Å². The number of likely N-dealkylation sites (tertiary alicyclic amines) is 1. The van der Waals surface area contributed by atoms with E-state index in [-0.39, 0.29) is 0 Å². The SMILES string of the molecule is CCC/C(=C\N=C(/N)C(C)C)CN1CCCC1. The molecule has 0 spiro atoms. The molecule has 0 radical (unpaired) electrons. The van der Waals surface area contributed by atoms with Gasteiger partial charge in [0.2, 0.25) is 0 Å². The van der Waals surface area contributed by atoms with E-state index >= 15 is 0 Å². The fourth-order valence-electron chi connectivity index (χ4n) is 2.05. The molecule has 1 aliphatic heterocycles. The van der Waals surface area contributed by atoms with Crippen LogP contribution in [0.15, 0.2) is 16.8 Å². The standard InChI is InChI=1S/C14H27N3/c1-4-7-13(10-16-14(15)12(2)3)11-17-8-5-6-9-17/h10,12H,4-9,11H2,1-3H3,(H2,15,16)/b13-10+. The molecule has 1 heterocycles. The molecular formula is C14H27N3. The van der Waals surface area contributed by atoms with Gasteiger partial charge in [-0.3, -0.25) is 4.90 Å². The molecule has 98 valence electrons. The van der Waals surface area contributed by atoms with Crippen LogP contribution in [-0.4, -0.2) is 30.4 Å². The number of hydrogen-bond donors (Lipinski definition) is 1. The van der Waals surface area contributed by atoms with Crippen LogP contribution in [0.25, 0.3) is 0 Å². The third-order valence-electron chi connectivity index (χ3n) is 3.18. The molecule has 1 aliphatic rings. The zero-order valence-electron chi connectivity index (χ0n) is 11.6. The molecule has 0 aliphatic carbocycles. The number of aliphatic imine (C=N–C) groups is 1. The number of nitrogens with two attached hydrogens (primary N) is 1. The third-order valence-corrected chi connectivity index (χ3v) is 3.18. The Morgan fingerprint density at radius 1 is 1.35 bits per heavy atom. The van der Waals surface area contributed by atoms with Crippen molar-refractivity contribution in [2.45, 2.75) is 46.5 Å². The van der Waals surface area contributed by atoms with Crippen molar-refractivity contribution in [1.82, 2.24) is 4.90 Å². The maximum Gasteiger partial charge on any atom is 0.101 e. The normalized spacial score (nSPS) is 19.3. The highest BCUT2D eigenvalue weighted by Gasteiger charge is 2.12. The highest BCUT2D eigenvalue weighted by Crippen LogP contribution is 2.13. The fraction of sp³-hybridized carbons (Fsp3) is 0.786. The third kappa shape index (κ3) is 5.35. The first-order chi connectivity index (χ1) is 8.13. The summed E-state index contributed by atoms with van der Waals surface area (Å²) in [4.78, 5) is 6.91. The van der Waals surface area contributed by atoms with Crippen LogP contribution in [-0.2, 0) is 0 Å². The van der Waals surface area contributed by atoms with Gasteiger partial charge in [0.1, 0.15) is 5.84 Å². The molecule has 0 aromatic rings. The molecule has 0 amide bonds. The van der Waals surface area contributed by atoms with Crippen molar-refractivity contribution in [2.24, 2.45) is 16.6 Å². The minimum atomic E-state index is 0.334. The van der Waals surface area contributed by atoms with Crippen molar-refractivity contribution in [1.29, 1.82) is 0 Å². The van der Waals surface area contributed by atoms with Crippen LogP contribution in [0.5, 0.6) is 0 Å². The summed E-state index contributed by atoms with van der Waals surface area (Å²) in [7, 11) is 0. The van der Waals surface area contributed by atoms with Gasteiger partial charge in [-0.05, 0) is 37.9 Å². The summed E-state index contributed by atoms with van der Waals surface area (Å²) >= 11 is 0. The highest BCUT2D eigenvalue weighted by molar-refractivity contribution is 5.82. The molecule has 1 rings (SSSR count). The van der Waals surface area contributed by atoms with Crippen molar-refractivity contribution in [3.8, 4) is 0 Å². The zero-order valence-corrected chi connectivity index (χ0v) is 11.6. The van der Waals surface area contributed by atoms with Crippen LogP contribution in [0, 0.1) is 5.92 Å². The number of nitrogens with zero attached hydrogens (tertiary/aromatic N) is 2. The van der Waals surface area contributed by atoms with Crippen LogP contribution in [0.3, 0.4) is 0 Å². The van der Waals surface area contributed by atoms with Gasteiger partial charge in [0, 0.05) is 18.7 Å². The second-order valence-corrected chi connectivity index (χ2v) is 5.23. The summed E-state index contributed by atoms with van der Waals surface area (Å²) in [5, 5.41) is 0. The summed E-state index contributed by atoms with van der Waals surface area (Å²) in [6.07, 6.45) is 6.99. The molecule has 0 aromatic heterocycles. The Hall–Kier alpha value is -0.830. The number of hydrogen-bond acceptors (Lipinski definition) is 2. The van der Waals surface area contributed by atoms with Crippen molar-refractivity contribution < 1.29 is 0 Å². The topological polar surface area (TPSA) is 41.6 Å². The van der Waals surface area contributed by atoms with E-state index in [1.807, 2.05) is 6.20 Å². The number of rotatable bonds is 6. The van der Waals surface area contributed by atoms with E-state index in [1.54, 1.807) is 0 Å². The highest BCUT2D eigenvalue weighted by atomic mass is 15.1. The average molecular weight is 237 g/mol. The predicted molar refractivity (Wildman–Crippen MR) is 75.1 cm³/mol. The summed E-state index contributed by atoms with van der Waals surface area (Å²) in [5.41, 5.74) is 7.28. The summed E-state index contributed by atoms with van der Waals surface area (Å²) in [5.74, 6) is 1.07. The van der Waals surface area contributed by atoms with Gasteiger partial charge in [-0.1, -0.05) is 27.2 Å². The van der Waals surface area contributed by atoms with Gasteiger partial charge in [0.25, 0.3) is 0 Å². The van der Waals surface area contributed by atoms with Crippen LogP contribution in [0.1, 0.15) is 46.5 Å². The molecule has 0 atom stereocenters. The lowest BCUT2D eigenvalue weighted by molar-refractivity contribution is 0.364. The van der Waals surface area contributed by atoms with Gasteiger partial charge < -0.3 is 5.73 Å². The minimum absolute atomic E-state index is 0.334. The van der Waals surface area contributed by atoms with Gasteiger partial charge in [-0.25, -0.2) is 4.99 Å². The molecular weight excluding hydrogens is 210 g/mol. The first-order valence-corrected chi connectivity index (χ1v) is 6.87. The monoisotopic (exact) mass is 237 g/mol. The van der Waals surface area contributed by atoms with Crippen LogP contribution in [0.2, 0.25) is 0 Å². The predicted octanol–water partition coefficient (Wildman–Crippen LogP) is 2.78. The second kappa shape index (κ2) is 7.49. The first kappa shape index (κ1) is 14.2. The van der Waals surface area contributed by atoms with Gasteiger partial charge >= 0.3 is 0 Å². The maximum absolute atomic E-state index is 5.86.